The summed E-state index contributed by atoms with van der Waals surface area (Å²) in [5.74, 6) is 2.82. The zero-order valence-corrected chi connectivity index (χ0v) is 16.3. The van der Waals surface area contributed by atoms with Gasteiger partial charge in [-0.2, -0.15) is 4.98 Å². The van der Waals surface area contributed by atoms with Gasteiger partial charge in [0.05, 0.1) is 26.3 Å². The normalized spacial score (nSPS) is 15.8. The number of methoxy groups -OCH3 is 3. The average molecular weight is 375 g/mol. The molecule has 2 heterocycles. The summed E-state index contributed by atoms with van der Waals surface area (Å²) in [7, 11) is 4.95. The highest BCUT2D eigenvalue weighted by Gasteiger charge is 2.19. The summed E-state index contributed by atoms with van der Waals surface area (Å²) < 4.78 is 15.8. The van der Waals surface area contributed by atoms with Crippen LogP contribution in [0.25, 0.3) is 10.9 Å². The summed E-state index contributed by atoms with van der Waals surface area (Å²) in [5, 5.41) is 4.11. The van der Waals surface area contributed by atoms with E-state index >= 15 is 0 Å². The van der Waals surface area contributed by atoms with E-state index in [2.05, 4.69) is 20.2 Å². The molecular weight excluding hydrogens is 346 g/mol. The Morgan fingerprint density at radius 1 is 1.11 bits per heavy atom. The van der Waals surface area contributed by atoms with Gasteiger partial charge in [-0.15, -0.1) is 0 Å². The summed E-state index contributed by atoms with van der Waals surface area (Å²) in [6.07, 6.45) is 2.32. The van der Waals surface area contributed by atoms with E-state index in [1.54, 1.807) is 21.3 Å². The van der Waals surface area contributed by atoms with Crippen LogP contribution in [0.15, 0.2) is 12.1 Å². The van der Waals surface area contributed by atoms with Gasteiger partial charge in [0.25, 0.3) is 0 Å². The molecule has 1 aliphatic rings. The van der Waals surface area contributed by atoms with Crippen LogP contribution in [0.5, 0.6) is 11.5 Å². The van der Waals surface area contributed by atoms with E-state index < -0.39 is 0 Å². The average Bonchev–Trinajstić information content (AvgIpc) is 2.70. The minimum absolute atomic E-state index is 0.429. The first-order chi connectivity index (χ1) is 13.1. The molecule has 2 aromatic rings. The third kappa shape index (κ3) is 4.70. The minimum atomic E-state index is 0.429. The number of nitrogens with one attached hydrogen (secondary N) is 1. The first-order valence-electron chi connectivity index (χ1n) is 9.29. The van der Waals surface area contributed by atoms with Crippen molar-refractivity contribution in [2.75, 3.05) is 65.2 Å². The van der Waals surface area contributed by atoms with Crippen molar-refractivity contribution in [3.63, 3.8) is 0 Å². The minimum Gasteiger partial charge on any atom is -0.493 e. The van der Waals surface area contributed by atoms with Crippen molar-refractivity contribution < 1.29 is 14.2 Å². The van der Waals surface area contributed by atoms with Gasteiger partial charge in [0.1, 0.15) is 5.82 Å². The number of piperidine rings is 1. The number of fused-ring (bicyclic) bond motifs is 1. The first-order valence-corrected chi connectivity index (χ1v) is 9.29. The molecule has 0 atom stereocenters. The molecule has 0 saturated carbocycles. The van der Waals surface area contributed by atoms with Crippen LogP contribution in [0.2, 0.25) is 0 Å². The van der Waals surface area contributed by atoms with Gasteiger partial charge >= 0.3 is 0 Å². The number of nitrogen functional groups attached to an aromatic ring is 1. The van der Waals surface area contributed by atoms with Crippen LogP contribution in [0.1, 0.15) is 12.8 Å². The molecule has 27 heavy (non-hydrogen) atoms. The molecule has 0 radical (unpaired) electrons. The van der Waals surface area contributed by atoms with Crippen molar-refractivity contribution >= 4 is 22.7 Å². The van der Waals surface area contributed by atoms with Crippen molar-refractivity contribution in [1.82, 2.24) is 14.9 Å². The number of hydrogen-bond donors (Lipinski definition) is 2. The molecule has 148 valence electrons. The maximum atomic E-state index is 6.14. The number of ether oxygens (including phenoxy) is 3. The Labute approximate surface area is 160 Å². The number of nitrogens with two attached hydrogens (primary N) is 1. The number of nitrogens with zero attached hydrogens (tertiary/aromatic N) is 3. The predicted molar refractivity (Wildman–Crippen MR) is 107 cm³/mol. The highest BCUT2D eigenvalue weighted by molar-refractivity contribution is 5.91. The lowest BCUT2D eigenvalue weighted by molar-refractivity contribution is 0.122. The van der Waals surface area contributed by atoms with E-state index in [0.717, 1.165) is 56.5 Å². The summed E-state index contributed by atoms with van der Waals surface area (Å²) in [6.45, 7) is 4.85. The zero-order valence-electron chi connectivity index (χ0n) is 16.3. The highest BCUT2D eigenvalue weighted by Crippen LogP contribution is 2.33. The van der Waals surface area contributed by atoms with E-state index in [4.69, 9.17) is 19.9 Å². The SMILES string of the molecule is COCCN1CCC(CNc2nc(N)c3cc(OC)c(OC)cc3n2)CC1. The smallest absolute Gasteiger partial charge is 0.225 e. The van der Waals surface area contributed by atoms with Gasteiger partial charge in [-0.25, -0.2) is 4.98 Å². The van der Waals surface area contributed by atoms with Crippen LogP contribution in [-0.2, 0) is 4.74 Å². The number of benzene rings is 1. The number of likely N-dealkylation sites (tertiary alicyclic amines) is 1. The molecule has 0 spiro atoms. The Hall–Kier alpha value is -2.32. The van der Waals surface area contributed by atoms with Crippen molar-refractivity contribution in [2.45, 2.75) is 12.8 Å². The lowest BCUT2D eigenvalue weighted by Gasteiger charge is -2.31. The maximum Gasteiger partial charge on any atom is 0.225 e. The van der Waals surface area contributed by atoms with E-state index in [9.17, 15) is 0 Å². The molecule has 0 aliphatic carbocycles. The Kier molecular flexibility index (Phi) is 6.52. The second-order valence-corrected chi connectivity index (χ2v) is 6.82. The van der Waals surface area contributed by atoms with Gasteiger partial charge in [-0.3, -0.25) is 0 Å². The zero-order chi connectivity index (χ0) is 19.2. The highest BCUT2D eigenvalue weighted by atomic mass is 16.5. The van der Waals surface area contributed by atoms with Crippen molar-refractivity contribution in [1.29, 1.82) is 0 Å². The Morgan fingerprint density at radius 3 is 2.48 bits per heavy atom. The fourth-order valence-corrected chi connectivity index (χ4v) is 3.43. The summed E-state index contributed by atoms with van der Waals surface area (Å²) >= 11 is 0. The monoisotopic (exact) mass is 375 g/mol. The fraction of sp³-hybridized carbons (Fsp3) is 0.579. The van der Waals surface area contributed by atoms with E-state index in [0.29, 0.717) is 29.2 Å². The Bertz CT molecular complexity index is 763. The van der Waals surface area contributed by atoms with Gasteiger partial charge in [0.15, 0.2) is 11.5 Å². The second-order valence-electron chi connectivity index (χ2n) is 6.82. The molecule has 1 aromatic heterocycles. The molecule has 1 fully saturated rings. The van der Waals surface area contributed by atoms with Gasteiger partial charge < -0.3 is 30.2 Å². The maximum absolute atomic E-state index is 6.14. The molecule has 3 N–H and O–H groups in total. The topological polar surface area (TPSA) is 94.8 Å². The number of anilines is 2. The van der Waals surface area contributed by atoms with Gasteiger partial charge in [-0.1, -0.05) is 0 Å². The Balaban J connectivity index is 1.64. The summed E-state index contributed by atoms with van der Waals surface area (Å²) in [5.41, 5.74) is 6.87. The van der Waals surface area contributed by atoms with Crippen LogP contribution < -0.4 is 20.5 Å². The van der Waals surface area contributed by atoms with Gasteiger partial charge in [0.2, 0.25) is 5.95 Å². The fourth-order valence-electron chi connectivity index (χ4n) is 3.43. The molecule has 8 heteroatoms. The lowest BCUT2D eigenvalue weighted by atomic mass is 9.97. The van der Waals surface area contributed by atoms with E-state index in [1.807, 2.05) is 12.1 Å². The van der Waals surface area contributed by atoms with Crippen LogP contribution in [-0.4, -0.2) is 69.0 Å². The summed E-state index contributed by atoms with van der Waals surface area (Å²) in [6, 6.07) is 3.63. The van der Waals surface area contributed by atoms with E-state index in [1.165, 1.54) is 0 Å². The third-order valence-corrected chi connectivity index (χ3v) is 5.10. The third-order valence-electron chi connectivity index (χ3n) is 5.10. The van der Waals surface area contributed by atoms with Gasteiger partial charge in [0, 0.05) is 31.7 Å². The first kappa shape index (κ1) is 19.4. The van der Waals surface area contributed by atoms with Crippen molar-refractivity contribution in [3.8, 4) is 11.5 Å². The van der Waals surface area contributed by atoms with Gasteiger partial charge in [-0.05, 0) is 37.9 Å². The lowest BCUT2D eigenvalue weighted by Crippen LogP contribution is -2.37. The molecule has 0 unspecified atom stereocenters. The molecule has 3 rings (SSSR count). The molecule has 8 nitrogen and oxygen atoms in total. The molecule has 0 bridgehead atoms. The molecule has 1 saturated heterocycles. The second kappa shape index (κ2) is 9.05. The van der Waals surface area contributed by atoms with Crippen molar-refractivity contribution in [3.05, 3.63) is 12.1 Å². The van der Waals surface area contributed by atoms with Crippen LogP contribution in [0.4, 0.5) is 11.8 Å². The standard InChI is InChI=1S/C19H29N5O3/c1-25-9-8-24-6-4-13(5-7-24)12-21-19-22-15-11-17(27-3)16(26-2)10-14(15)18(20)23-19/h10-11,13H,4-9,12H2,1-3H3,(H3,20,21,22,23). The molecule has 1 aromatic carbocycles. The van der Waals surface area contributed by atoms with Crippen LogP contribution in [0.3, 0.4) is 0 Å². The number of hydrogen-bond acceptors (Lipinski definition) is 8. The van der Waals surface area contributed by atoms with Crippen LogP contribution >= 0.6 is 0 Å². The Morgan fingerprint density at radius 2 is 1.81 bits per heavy atom. The molecule has 0 amide bonds. The van der Waals surface area contributed by atoms with Crippen molar-refractivity contribution in [2.24, 2.45) is 5.92 Å². The number of aromatic nitrogens is 2. The van der Waals surface area contributed by atoms with Crippen LogP contribution in [0, 0.1) is 5.92 Å². The molecular formula is C19H29N5O3. The largest absolute Gasteiger partial charge is 0.493 e. The quantitative estimate of drug-likeness (QED) is 0.723. The number of rotatable bonds is 8. The predicted octanol–water partition coefficient (Wildman–Crippen LogP) is 2.00. The molecule has 1 aliphatic heterocycles. The summed E-state index contributed by atoms with van der Waals surface area (Å²) in [4.78, 5) is 11.4. The van der Waals surface area contributed by atoms with E-state index in [-0.39, 0.29) is 0 Å².